The maximum absolute atomic E-state index is 12.7. The molecule has 1 aromatic carbocycles. The summed E-state index contributed by atoms with van der Waals surface area (Å²) < 4.78 is 0. The SMILES string of the molecule is CC(C)N1CC[C@]2(Cc3ccc(C(=O)NO)cc3C2)C1=O. The molecule has 3 rings (SSSR count). The van der Waals surface area contributed by atoms with Crippen molar-refractivity contribution >= 4 is 11.8 Å². The second-order valence-corrected chi connectivity index (χ2v) is 6.40. The van der Waals surface area contributed by atoms with Crippen molar-refractivity contribution in [2.45, 2.75) is 39.2 Å². The standard InChI is InChI=1S/C16H20N2O3/c1-10(2)18-6-5-16(15(18)20)8-12-4-3-11(14(19)17-21)7-13(12)9-16/h3-4,7,10,21H,5-6,8-9H2,1-2H3,(H,17,19)/t16-/m1/s1. The van der Waals surface area contributed by atoms with E-state index in [1.54, 1.807) is 17.6 Å². The average molecular weight is 288 g/mol. The van der Waals surface area contributed by atoms with Gasteiger partial charge in [0.05, 0.1) is 5.41 Å². The van der Waals surface area contributed by atoms with E-state index in [0.29, 0.717) is 12.0 Å². The van der Waals surface area contributed by atoms with Crippen LogP contribution in [0.1, 0.15) is 41.8 Å². The van der Waals surface area contributed by atoms with Crippen molar-refractivity contribution in [1.82, 2.24) is 10.4 Å². The first-order chi connectivity index (χ1) is 9.97. The first kappa shape index (κ1) is 14.1. The van der Waals surface area contributed by atoms with Crippen LogP contribution in [0.2, 0.25) is 0 Å². The van der Waals surface area contributed by atoms with Crippen LogP contribution in [0, 0.1) is 5.41 Å². The van der Waals surface area contributed by atoms with Crippen LogP contribution in [0.25, 0.3) is 0 Å². The summed E-state index contributed by atoms with van der Waals surface area (Å²) in [7, 11) is 0. The molecule has 0 unspecified atom stereocenters. The van der Waals surface area contributed by atoms with E-state index in [9.17, 15) is 9.59 Å². The van der Waals surface area contributed by atoms with E-state index in [-0.39, 0.29) is 17.4 Å². The first-order valence-corrected chi connectivity index (χ1v) is 7.34. The molecule has 1 aliphatic carbocycles. The third-order valence-electron chi connectivity index (χ3n) is 4.80. The first-order valence-electron chi connectivity index (χ1n) is 7.34. The van der Waals surface area contributed by atoms with Crippen molar-refractivity contribution in [1.29, 1.82) is 0 Å². The van der Waals surface area contributed by atoms with Crippen LogP contribution in [0.3, 0.4) is 0 Å². The number of amides is 2. The van der Waals surface area contributed by atoms with Gasteiger partial charge in [-0.3, -0.25) is 14.8 Å². The number of hydrogen-bond acceptors (Lipinski definition) is 3. The zero-order valence-electron chi connectivity index (χ0n) is 12.3. The molecule has 0 aromatic heterocycles. The summed E-state index contributed by atoms with van der Waals surface area (Å²) in [5.41, 5.74) is 3.95. The molecule has 1 saturated heterocycles. The van der Waals surface area contributed by atoms with Crippen molar-refractivity contribution in [2.24, 2.45) is 5.41 Å². The third-order valence-corrected chi connectivity index (χ3v) is 4.80. The molecular formula is C16H20N2O3. The molecule has 1 fully saturated rings. The summed E-state index contributed by atoms with van der Waals surface area (Å²) in [5.74, 6) is -0.276. The van der Waals surface area contributed by atoms with Crippen molar-refractivity contribution in [3.05, 3.63) is 34.9 Å². The largest absolute Gasteiger partial charge is 0.340 e. The van der Waals surface area contributed by atoms with Crippen molar-refractivity contribution in [3.63, 3.8) is 0 Å². The Morgan fingerprint density at radius 3 is 2.67 bits per heavy atom. The molecule has 2 aliphatic rings. The molecule has 1 aliphatic heterocycles. The fourth-order valence-corrected chi connectivity index (χ4v) is 3.63. The summed E-state index contributed by atoms with van der Waals surface area (Å²) in [4.78, 5) is 26.2. The van der Waals surface area contributed by atoms with Crippen LogP contribution < -0.4 is 5.48 Å². The Kier molecular flexibility index (Phi) is 3.24. The third kappa shape index (κ3) is 2.12. The van der Waals surface area contributed by atoms with Gasteiger partial charge in [0.1, 0.15) is 0 Å². The summed E-state index contributed by atoms with van der Waals surface area (Å²) >= 11 is 0. The van der Waals surface area contributed by atoms with Gasteiger partial charge in [0, 0.05) is 18.2 Å². The van der Waals surface area contributed by atoms with Crippen LogP contribution in [-0.4, -0.2) is 34.5 Å². The summed E-state index contributed by atoms with van der Waals surface area (Å²) in [6.45, 7) is 4.90. The van der Waals surface area contributed by atoms with Gasteiger partial charge < -0.3 is 4.90 Å². The lowest BCUT2D eigenvalue weighted by Gasteiger charge is -2.25. The molecule has 21 heavy (non-hydrogen) atoms. The molecular weight excluding hydrogens is 268 g/mol. The number of fused-ring (bicyclic) bond motifs is 1. The molecule has 1 aromatic rings. The van der Waals surface area contributed by atoms with Gasteiger partial charge in [-0.25, -0.2) is 5.48 Å². The van der Waals surface area contributed by atoms with Gasteiger partial charge in [0.15, 0.2) is 0 Å². The second kappa shape index (κ2) is 4.84. The van der Waals surface area contributed by atoms with Gasteiger partial charge in [-0.2, -0.15) is 0 Å². The monoisotopic (exact) mass is 288 g/mol. The number of benzene rings is 1. The van der Waals surface area contributed by atoms with E-state index in [4.69, 9.17) is 5.21 Å². The van der Waals surface area contributed by atoms with E-state index in [1.165, 1.54) is 0 Å². The lowest BCUT2D eigenvalue weighted by Crippen LogP contribution is -2.38. The van der Waals surface area contributed by atoms with E-state index >= 15 is 0 Å². The van der Waals surface area contributed by atoms with E-state index in [0.717, 1.165) is 30.5 Å². The van der Waals surface area contributed by atoms with Gasteiger partial charge in [-0.1, -0.05) is 6.07 Å². The molecule has 2 N–H and O–H groups in total. The Morgan fingerprint density at radius 2 is 2.05 bits per heavy atom. The van der Waals surface area contributed by atoms with Crippen LogP contribution in [0.4, 0.5) is 0 Å². The highest BCUT2D eigenvalue weighted by Gasteiger charge is 2.50. The predicted octanol–water partition coefficient (Wildman–Crippen LogP) is 1.53. The second-order valence-electron chi connectivity index (χ2n) is 6.40. The zero-order valence-corrected chi connectivity index (χ0v) is 12.3. The molecule has 0 bridgehead atoms. The fourth-order valence-electron chi connectivity index (χ4n) is 3.63. The molecule has 1 atom stereocenters. The molecule has 1 heterocycles. The van der Waals surface area contributed by atoms with Crippen molar-refractivity contribution in [3.8, 4) is 0 Å². The predicted molar refractivity (Wildman–Crippen MR) is 77.0 cm³/mol. The molecule has 0 radical (unpaired) electrons. The minimum Gasteiger partial charge on any atom is -0.340 e. The highest BCUT2D eigenvalue weighted by Crippen LogP contribution is 2.45. The maximum Gasteiger partial charge on any atom is 0.274 e. The van der Waals surface area contributed by atoms with Gasteiger partial charge in [-0.15, -0.1) is 0 Å². The van der Waals surface area contributed by atoms with Crippen LogP contribution in [0.5, 0.6) is 0 Å². The number of nitrogens with one attached hydrogen (secondary N) is 1. The topological polar surface area (TPSA) is 69.6 Å². The van der Waals surface area contributed by atoms with E-state index in [1.807, 2.05) is 24.8 Å². The van der Waals surface area contributed by atoms with Gasteiger partial charge >= 0.3 is 0 Å². The van der Waals surface area contributed by atoms with E-state index < -0.39 is 5.91 Å². The van der Waals surface area contributed by atoms with Gasteiger partial charge in [0.25, 0.3) is 5.91 Å². The van der Waals surface area contributed by atoms with Crippen molar-refractivity contribution < 1.29 is 14.8 Å². The Balaban J connectivity index is 1.88. The summed E-state index contributed by atoms with van der Waals surface area (Å²) in [6.07, 6.45) is 2.32. The Labute approximate surface area is 123 Å². The number of nitrogens with zero attached hydrogens (tertiary/aromatic N) is 1. The van der Waals surface area contributed by atoms with Crippen molar-refractivity contribution in [2.75, 3.05) is 6.54 Å². The molecule has 1 spiro atoms. The minimum absolute atomic E-state index is 0.233. The highest BCUT2D eigenvalue weighted by molar-refractivity contribution is 5.94. The summed E-state index contributed by atoms with van der Waals surface area (Å²) in [6, 6.07) is 5.63. The maximum atomic E-state index is 12.7. The van der Waals surface area contributed by atoms with Crippen LogP contribution >= 0.6 is 0 Å². The lowest BCUT2D eigenvalue weighted by atomic mass is 9.83. The summed E-state index contributed by atoms with van der Waals surface area (Å²) in [5, 5.41) is 8.72. The highest BCUT2D eigenvalue weighted by atomic mass is 16.5. The van der Waals surface area contributed by atoms with Gasteiger partial charge in [0.2, 0.25) is 5.91 Å². The molecule has 112 valence electrons. The molecule has 0 saturated carbocycles. The van der Waals surface area contributed by atoms with Crippen LogP contribution in [-0.2, 0) is 17.6 Å². The quantitative estimate of drug-likeness (QED) is 0.640. The number of hydroxylamine groups is 1. The Morgan fingerprint density at radius 1 is 1.33 bits per heavy atom. The molecule has 2 amide bonds. The Bertz CT molecular complexity index is 612. The Hall–Kier alpha value is -1.88. The van der Waals surface area contributed by atoms with Gasteiger partial charge in [-0.05, 0) is 56.4 Å². The number of carbonyl (C=O) groups is 2. The average Bonchev–Trinajstić information content (AvgIpc) is 2.98. The minimum atomic E-state index is -0.514. The number of rotatable bonds is 2. The van der Waals surface area contributed by atoms with E-state index in [2.05, 4.69) is 0 Å². The number of likely N-dealkylation sites (tertiary alicyclic amines) is 1. The lowest BCUT2D eigenvalue weighted by molar-refractivity contribution is -0.137. The normalized spacial score (nSPS) is 24.0. The van der Waals surface area contributed by atoms with Crippen LogP contribution in [0.15, 0.2) is 18.2 Å². The number of hydrogen-bond donors (Lipinski definition) is 2. The number of carbonyl (C=O) groups excluding carboxylic acids is 2. The zero-order chi connectivity index (χ0) is 15.2. The molecule has 5 heteroatoms. The fraction of sp³-hybridized carbons (Fsp3) is 0.500. The smallest absolute Gasteiger partial charge is 0.274 e. The molecule has 5 nitrogen and oxygen atoms in total.